The Morgan fingerprint density at radius 1 is 0.462 bits per heavy atom. The number of hydrogen-bond acceptors (Lipinski definition) is 7. The van der Waals surface area contributed by atoms with E-state index in [1.807, 2.05) is 48.5 Å². The number of ketones is 3. The molecular weight excluding hydrogens is 647 g/mol. The fourth-order valence-corrected chi connectivity index (χ4v) is 12.7. The maximum absolute atomic E-state index is 12.9. The number of nitrogens with one attached hydrogen (secondary N) is 3. The van der Waals surface area contributed by atoms with E-state index < -0.39 is 5.60 Å². The van der Waals surface area contributed by atoms with Gasteiger partial charge in [0.15, 0.2) is 17.3 Å². The van der Waals surface area contributed by atoms with Crippen molar-refractivity contribution >= 4 is 17.3 Å². The largest absolute Gasteiger partial charge is 0.390 e. The molecule has 0 aromatic carbocycles. The van der Waals surface area contributed by atoms with Crippen molar-refractivity contribution in [1.29, 1.82) is 0 Å². The highest BCUT2D eigenvalue weighted by Gasteiger charge is 2.61. The Labute approximate surface area is 319 Å². The van der Waals surface area contributed by atoms with Crippen LogP contribution in [-0.2, 0) is 14.4 Å². The molecule has 0 aromatic rings. The molecule has 8 bridgehead atoms. The second kappa shape index (κ2) is 17.3. The summed E-state index contributed by atoms with van der Waals surface area (Å²) in [5, 5.41) is 21.3. The quantitative estimate of drug-likeness (QED) is 0.143. The third kappa shape index (κ3) is 10.4. The molecule has 8 aliphatic carbocycles. The van der Waals surface area contributed by atoms with E-state index in [1.165, 1.54) is 44.9 Å². The molecule has 7 heteroatoms. The highest BCUT2D eigenvalue weighted by atomic mass is 16.3. The van der Waals surface area contributed by atoms with Gasteiger partial charge in [-0.15, -0.1) is 0 Å². The summed E-state index contributed by atoms with van der Waals surface area (Å²) >= 11 is 0. The lowest BCUT2D eigenvalue weighted by atomic mass is 9.45. The van der Waals surface area contributed by atoms with Crippen LogP contribution in [0.4, 0.5) is 0 Å². The smallest absolute Gasteiger partial charge is 0.152 e. The Bertz CT molecular complexity index is 1170. The van der Waals surface area contributed by atoms with Gasteiger partial charge in [-0.25, -0.2) is 0 Å². The number of aliphatic hydroxyl groups is 1. The predicted octanol–water partition coefficient (Wildman–Crippen LogP) is 8.30. The van der Waals surface area contributed by atoms with Gasteiger partial charge >= 0.3 is 0 Å². The lowest BCUT2D eigenvalue weighted by Gasteiger charge is -2.62. The van der Waals surface area contributed by atoms with Crippen LogP contribution in [0.5, 0.6) is 0 Å². The second-order valence-electron chi connectivity index (χ2n) is 21.1. The van der Waals surface area contributed by atoms with Gasteiger partial charge < -0.3 is 21.1 Å². The lowest BCUT2D eigenvalue weighted by molar-refractivity contribution is -0.177. The van der Waals surface area contributed by atoms with Crippen molar-refractivity contribution in [3.05, 3.63) is 0 Å². The summed E-state index contributed by atoms with van der Waals surface area (Å²) in [7, 11) is 0. The zero-order chi connectivity index (χ0) is 38.9. The van der Waals surface area contributed by atoms with Gasteiger partial charge in [0.1, 0.15) is 0 Å². The van der Waals surface area contributed by atoms with Gasteiger partial charge in [-0.05, 0) is 124 Å². The van der Waals surface area contributed by atoms with Gasteiger partial charge in [0, 0.05) is 35.9 Å². The van der Waals surface area contributed by atoms with E-state index in [2.05, 4.69) is 57.5 Å². The van der Waals surface area contributed by atoms with Gasteiger partial charge in [0.05, 0.1) is 23.7 Å². The number of Topliss-reactive ketones (excluding diaryl/α,β-unsaturated/α-hetero) is 3. The highest BCUT2D eigenvalue weighted by Crippen LogP contribution is 2.63. The number of hydrogen-bond donors (Lipinski definition) is 4. The average Bonchev–Trinajstić information content (AvgIpc) is 2.99. The van der Waals surface area contributed by atoms with E-state index in [0.29, 0.717) is 52.7 Å². The van der Waals surface area contributed by atoms with E-state index in [1.54, 1.807) is 0 Å². The summed E-state index contributed by atoms with van der Waals surface area (Å²) in [6.45, 7) is 26.6. The molecule has 0 radical (unpaired) electrons. The maximum atomic E-state index is 12.9. The van der Waals surface area contributed by atoms with Crippen LogP contribution in [-0.4, -0.2) is 64.3 Å². The molecule has 0 aliphatic heterocycles. The molecule has 8 saturated carbocycles. The van der Waals surface area contributed by atoms with Crippen molar-refractivity contribution in [1.82, 2.24) is 16.0 Å². The number of carbonyl (C=O) groups is 3. The molecule has 0 heterocycles. The minimum Gasteiger partial charge on any atom is -0.390 e. The summed E-state index contributed by atoms with van der Waals surface area (Å²) in [4.78, 5) is 37.0. The van der Waals surface area contributed by atoms with Gasteiger partial charge in [-0.2, -0.15) is 0 Å². The molecule has 8 aliphatic rings. The zero-order valence-corrected chi connectivity index (χ0v) is 35.7. The normalized spacial score (nSPS) is 35.9. The van der Waals surface area contributed by atoms with Crippen LogP contribution < -0.4 is 16.0 Å². The minimum absolute atomic E-state index is 0.00442. The minimum atomic E-state index is -0.488. The van der Waals surface area contributed by atoms with Gasteiger partial charge in [0.25, 0.3) is 0 Å². The third-order valence-corrected chi connectivity index (χ3v) is 13.7. The summed E-state index contributed by atoms with van der Waals surface area (Å²) < 4.78 is 0. The summed E-state index contributed by atoms with van der Waals surface area (Å²) in [6.07, 6.45) is 14.6. The fourth-order valence-electron chi connectivity index (χ4n) is 12.7. The molecule has 5 atom stereocenters. The second-order valence-corrected chi connectivity index (χ2v) is 21.1. The monoisotopic (exact) mass is 728 g/mol. The Hall–Kier alpha value is -1.15. The molecule has 8 fully saturated rings. The van der Waals surface area contributed by atoms with Crippen molar-refractivity contribution in [2.24, 2.45) is 58.2 Å². The SMILES string of the molecule is CC(C)N[C@@H](C)C(=O)C(C)C.CC(C)N[C@H](C(=O)C(C)C)C12CC3CC(CC(C3)C1)C2.CC(C)N[C@H](C(=O)C(C)C)C12CC3CC(CC(O)(C3)C1)C2. The van der Waals surface area contributed by atoms with Gasteiger partial charge in [-0.3, -0.25) is 14.4 Å². The van der Waals surface area contributed by atoms with E-state index in [-0.39, 0.29) is 41.3 Å². The lowest BCUT2D eigenvalue weighted by Crippen LogP contribution is -2.64. The number of carbonyl (C=O) groups excluding carboxylic acids is 3. The summed E-state index contributed by atoms with van der Waals surface area (Å²) in [5.41, 5.74) is -0.191. The molecule has 300 valence electrons. The molecule has 0 amide bonds. The van der Waals surface area contributed by atoms with Crippen molar-refractivity contribution in [3.63, 3.8) is 0 Å². The Kier molecular flexibility index (Phi) is 14.5. The third-order valence-electron chi connectivity index (χ3n) is 13.7. The van der Waals surface area contributed by atoms with Crippen LogP contribution in [0.25, 0.3) is 0 Å². The molecule has 0 aromatic heterocycles. The fraction of sp³-hybridized carbons (Fsp3) is 0.933. The zero-order valence-electron chi connectivity index (χ0n) is 35.7. The van der Waals surface area contributed by atoms with Crippen LogP contribution in [0.3, 0.4) is 0 Å². The Balaban J connectivity index is 0.000000184. The summed E-state index contributed by atoms with van der Waals surface area (Å²) in [5.74, 6) is 5.45. The molecule has 4 N–H and O–H groups in total. The van der Waals surface area contributed by atoms with Crippen LogP contribution >= 0.6 is 0 Å². The first-order valence-electron chi connectivity index (χ1n) is 21.7. The van der Waals surface area contributed by atoms with Gasteiger partial charge in [-0.1, -0.05) is 83.1 Å². The van der Waals surface area contributed by atoms with E-state index in [0.717, 1.165) is 49.9 Å². The van der Waals surface area contributed by atoms with Crippen molar-refractivity contribution in [2.45, 2.75) is 209 Å². The molecule has 0 spiro atoms. The predicted molar refractivity (Wildman–Crippen MR) is 214 cm³/mol. The van der Waals surface area contributed by atoms with Crippen LogP contribution in [0.15, 0.2) is 0 Å². The standard InChI is InChI=1S/C18H31NO2.C18H31NO.C9H19NO/c1-11(2)15(20)16(19-12(3)4)17-6-13-5-14(7-17)9-18(21,8-13)10-17;1-11(2)16(20)17(19-12(3)4)18-8-13-5-14(9-18)7-15(6-13)10-18;1-6(2)9(11)8(5)10-7(3)4/h11-14,16,19,21H,5-10H2,1-4H3;11-15,17,19H,5-10H2,1-4H3;6-8,10H,1-5H3/t13?,14?,16-,17?,18?;13?,14?,15?,17-,18?;8-/m110/s1. The Morgan fingerprint density at radius 2 is 0.788 bits per heavy atom. The van der Waals surface area contributed by atoms with Crippen LogP contribution in [0.2, 0.25) is 0 Å². The number of rotatable bonds is 14. The molecule has 52 heavy (non-hydrogen) atoms. The van der Waals surface area contributed by atoms with Crippen LogP contribution in [0, 0.1) is 58.2 Å². The maximum Gasteiger partial charge on any atom is 0.152 e. The first-order chi connectivity index (χ1) is 24.1. The van der Waals surface area contributed by atoms with Crippen LogP contribution in [0.1, 0.15) is 167 Å². The van der Waals surface area contributed by atoms with Gasteiger partial charge in [0.2, 0.25) is 0 Å². The first kappa shape index (κ1) is 43.6. The highest BCUT2D eigenvalue weighted by molar-refractivity contribution is 5.87. The molecule has 2 unspecified atom stereocenters. The van der Waals surface area contributed by atoms with Crippen molar-refractivity contribution < 1.29 is 19.5 Å². The molecular formula is C45H81N3O4. The topological polar surface area (TPSA) is 108 Å². The van der Waals surface area contributed by atoms with E-state index in [4.69, 9.17) is 0 Å². The van der Waals surface area contributed by atoms with Crippen molar-refractivity contribution in [3.8, 4) is 0 Å². The first-order valence-corrected chi connectivity index (χ1v) is 21.7. The molecule has 7 nitrogen and oxygen atoms in total. The Morgan fingerprint density at radius 3 is 1.12 bits per heavy atom. The van der Waals surface area contributed by atoms with E-state index in [9.17, 15) is 19.5 Å². The van der Waals surface area contributed by atoms with E-state index >= 15 is 0 Å². The summed E-state index contributed by atoms with van der Waals surface area (Å²) in [6, 6.07) is 1.12. The molecule has 0 saturated heterocycles. The van der Waals surface area contributed by atoms with Crippen molar-refractivity contribution in [2.75, 3.05) is 0 Å². The average molecular weight is 728 g/mol. The molecule has 8 rings (SSSR count).